The number of nitrogens with zero attached hydrogens (tertiary/aromatic N) is 3. The second-order valence-corrected chi connectivity index (χ2v) is 5.60. The molecule has 1 heterocycles. The first-order valence-electron chi connectivity index (χ1n) is 7.51. The fourth-order valence-electron chi connectivity index (χ4n) is 2.28. The third kappa shape index (κ3) is 3.87. The van der Waals surface area contributed by atoms with E-state index < -0.39 is 4.92 Å². The van der Waals surface area contributed by atoms with E-state index in [-0.39, 0.29) is 11.5 Å². The predicted molar refractivity (Wildman–Crippen MR) is 93.9 cm³/mol. The fraction of sp³-hybridized carbons (Fsp3) is 0.294. The molecule has 7 heteroatoms. The van der Waals surface area contributed by atoms with Crippen LogP contribution in [0.4, 0.5) is 11.5 Å². The van der Waals surface area contributed by atoms with Crippen molar-refractivity contribution in [1.29, 1.82) is 0 Å². The number of methoxy groups -OCH3 is 1. The zero-order valence-corrected chi connectivity index (χ0v) is 14.1. The van der Waals surface area contributed by atoms with Gasteiger partial charge in [0.1, 0.15) is 5.75 Å². The van der Waals surface area contributed by atoms with E-state index in [1.54, 1.807) is 13.3 Å². The normalized spacial score (nSPS) is 11.0. The Labute approximate surface area is 140 Å². The number of hydrogen-bond acceptors (Lipinski definition) is 6. The lowest BCUT2D eigenvalue weighted by Crippen LogP contribution is -2.01. The van der Waals surface area contributed by atoms with Crippen LogP contribution < -0.4 is 10.2 Å². The smallest absolute Gasteiger partial charge is 0.313 e. The molecule has 0 bridgehead atoms. The lowest BCUT2D eigenvalue weighted by Gasteiger charge is -2.14. The summed E-state index contributed by atoms with van der Waals surface area (Å²) in [7, 11) is 1.65. The number of benzene rings is 1. The predicted octanol–water partition coefficient (Wildman–Crippen LogP) is 3.88. The highest BCUT2D eigenvalue weighted by Crippen LogP contribution is 2.29. The molecule has 1 aromatic heterocycles. The van der Waals surface area contributed by atoms with E-state index in [4.69, 9.17) is 4.74 Å². The van der Waals surface area contributed by atoms with E-state index in [9.17, 15) is 10.1 Å². The van der Waals surface area contributed by atoms with Gasteiger partial charge < -0.3 is 4.74 Å². The molecule has 24 heavy (non-hydrogen) atoms. The summed E-state index contributed by atoms with van der Waals surface area (Å²) < 4.78 is 5.41. The van der Waals surface area contributed by atoms with E-state index in [1.165, 1.54) is 18.3 Å². The first-order chi connectivity index (χ1) is 11.4. The lowest BCUT2D eigenvalue weighted by atomic mass is 9.97. The molecule has 0 amide bonds. The van der Waals surface area contributed by atoms with E-state index in [2.05, 4.69) is 29.4 Å². The molecule has 0 unspecified atom stereocenters. The highest BCUT2D eigenvalue weighted by atomic mass is 16.6. The number of rotatable bonds is 6. The van der Waals surface area contributed by atoms with Crippen LogP contribution in [-0.2, 0) is 0 Å². The van der Waals surface area contributed by atoms with E-state index in [0.29, 0.717) is 5.92 Å². The summed E-state index contributed by atoms with van der Waals surface area (Å²) in [6.45, 7) is 6.13. The Morgan fingerprint density at radius 3 is 2.79 bits per heavy atom. The summed E-state index contributed by atoms with van der Waals surface area (Å²) in [6.07, 6.45) is 3.10. The number of hydrazone groups is 1. The van der Waals surface area contributed by atoms with Crippen molar-refractivity contribution in [2.75, 3.05) is 12.5 Å². The van der Waals surface area contributed by atoms with Crippen LogP contribution >= 0.6 is 0 Å². The van der Waals surface area contributed by atoms with Crippen molar-refractivity contribution in [3.63, 3.8) is 0 Å². The molecule has 2 aromatic rings. The second kappa shape index (κ2) is 7.54. The number of nitro groups is 1. The van der Waals surface area contributed by atoms with E-state index in [1.807, 2.05) is 19.1 Å². The van der Waals surface area contributed by atoms with Gasteiger partial charge in [-0.05, 0) is 47.7 Å². The van der Waals surface area contributed by atoms with Crippen molar-refractivity contribution in [1.82, 2.24) is 4.98 Å². The van der Waals surface area contributed by atoms with Crippen molar-refractivity contribution in [3.05, 3.63) is 57.3 Å². The molecular weight excluding hydrogens is 308 g/mol. The molecule has 7 nitrogen and oxygen atoms in total. The highest BCUT2D eigenvalue weighted by molar-refractivity contribution is 5.83. The number of pyridine rings is 1. The Balaban J connectivity index is 2.27. The zero-order valence-electron chi connectivity index (χ0n) is 14.1. The molecule has 0 radical (unpaired) electrons. The monoisotopic (exact) mass is 328 g/mol. The maximum atomic E-state index is 11.0. The molecule has 0 atom stereocenters. The summed E-state index contributed by atoms with van der Waals surface area (Å²) in [5.41, 5.74) is 5.49. The maximum Gasteiger partial charge on any atom is 0.313 e. The van der Waals surface area contributed by atoms with Gasteiger partial charge >= 0.3 is 5.69 Å². The molecule has 0 saturated carbocycles. The Kier molecular flexibility index (Phi) is 5.47. The molecule has 0 aliphatic rings. The molecular formula is C17H20N4O3. The Morgan fingerprint density at radius 1 is 1.42 bits per heavy atom. The van der Waals surface area contributed by atoms with Crippen molar-refractivity contribution in [2.45, 2.75) is 26.7 Å². The highest BCUT2D eigenvalue weighted by Gasteiger charge is 2.13. The minimum Gasteiger partial charge on any atom is -0.496 e. The summed E-state index contributed by atoms with van der Waals surface area (Å²) >= 11 is 0. The van der Waals surface area contributed by atoms with Crippen LogP contribution in [0.25, 0.3) is 0 Å². The molecule has 0 aliphatic carbocycles. The molecule has 0 saturated heterocycles. The topological polar surface area (TPSA) is 89.7 Å². The summed E-state index contributed by atoms with van der Waals surface area (Å²) in [5.74, 6) is 1.25. The number of aromatic nitrogens is 1. The van der Waals surface area contributed by atoms with Crippen LogP contribution in [0.1, 0.15) is 36.5 Å². The van der Waals surface area contributed by atoms with Crippen molar-refractivity contribution in [3.8, 4) is 5.75 Å². The van der Waals surface area contributed by atoms with Crippen LogP contribution in [0, 0.1) is 17.0 Å². The Hall–Kier alpha value is -2.96. The number of nitrogens with one attached hydrogen (secondary N) is 1. The van der Waals surface area contributed by atoms with Crippen molar-refractivity contribution >= 4 is 17.7 Å². The Bertz CT molecular complexity index is 772. The standard InChI is InChI=1S/C17H20N4O3/c1-11(2)14-9-13(12(3)8-16(14)24-4)10-19-20-17-15(21(22)23)6-5-7-18-17/h5-11H,1-4H3,(H,18,20)/b19-10-. The lowest BCUT2D eigenvalue weighted by molar-refractivity contribution is -0.384. The average molecular weight is 328 g/mol. The Morgan fingerprint density at radius 2 is 2.17 bits per heavy atom. The summed E-state index contributed by atoms with van der Waals surface area (Å²) in [6, 6.07) is 6.85. The van der Waals surface area contributed by atoms with Gasteiger partial charge in [-0.1, -0.05) is 13.8 Å². The SMILES string of the molecule is COc1cc(C)c(/C=N\Nc2ncccc2[N+](=O)[O-])cc1C(C)C. The molecule has 126 valence electrons. The van der Waals surface area contributed by atoms with Crippen LogP contribution in [0.15, 0.2) is 35.6 Å². The third-order valence-corrected chi connectivity index (χ3v) is 3.60. The molecule has 2 rings (SSSR count). The van der Waals surface area contributed by atoms with Crippen molar-refractivity contribution in [2.24, 2.45) is 5.10 Å². The van der Waals surface area contributed by atoms with Crippen molar-refractivity contribution < 1.29 is 9.66 Å². The van der Waals surface area contributed by atoms with Gasteiger partial charge in [0.15, 0.2) is 0 Å². The van der Waals surface area contributed by atoms with E-state index >= 15 is 0 Å². The summed E-state index contributed by atoms with van der Waals surface area (Å²) in [5, 5.41) is 15.0. The van der Waals surface area contributed by atoms with Gasteiger partial charge in [-0.25, -0.2) is 4.98 Å². The van der Waals surface area contributed by atoms with Crippen LogP contribution in [0.3, 0.4) is 0 Å². The average Bonchev–Trinajstić information content (AvgIpc) is 2.55. The van der Waals surface area contributed by atoms with Gasteiger partial charge in [0.25, 0.3) is 0 Å². The maximum absolute atomic E-state index is 11.0. The molecule has 1 aromatic carbocycles. The quantitative estimate of drug-likeness (QED) is 0.494. The molecule has 0 aliphatic heterocycles. The van der Waals surface area contributed by atoms with Gasteiger partial charge in [-0.2, -0.15) is 5.10 Å². The van der Waals surface area contributed by atoms with Gasteiger partial charge in [-0.3, -0.25) is 15.5 Å². The van der Waals surface area contributed by atoms with Gasteiger partial charge in [0, 0.05) is 12.3 Å². The fourth-order valence-corrected chi connectivity index (χ4v) is 2.28. The number of anilines is 1. The largest absolute Gasteiger partial charge is 0.496 e. The minimum atomic E-state index is -0.500. The van der Waals surface area contributed by atoms with Crippen LogP contribution in [-0.4, -0.2) is 23.2 Å². The number of aryl methyl sites for hydroxylation is 1. The van der Waals surface area contributed by atoms with Gasteiger partial charge in [-0.15, -0.1) is 0 Å². The first-order valence-corrected chi connectivity index (χ1v) is 7.51. The van der Waals surface area contributed by atoms with Crippen LogP contribution in [0.5, 0.6) is 5.75 Å². The molecule has 1 N–H and O–H groups in total. The number of ether oxygens (including phenoxy) is 1. The number of hydrogen-bond donors (Lipinski definition) is 1. The van der Waals surface area contributed by atoms with Gasteiger partial charge in [0.2, 0.25) is 5.82 Å². The third-order valence-electron chi connectivity index (χ3n) is 3.60. The second-order valence-electron chi connectivity index (χ2n) is 5.60. The summed E-state index contributed by atoms with van der Waals surface area (Å²) in [4.78, 5) is 14.4. The zero-order chi connectivity index (χ0) is 17.7. The minimum absolute atomic E-state index is 0.106. The van der Waals surface area contributed by atoms with E-state index in [0.717, 1.165) is 22.4 Å². The first kappa shape index (κ1) is 17.4. The molecule has 0 spiro atoms. The van der Waals surface area contributed by atoms with Gasteiger partial charge in [0.05, 0.1) is 18.2 Å². The van der Waals surface area contributed by atoms with Crippen LogP contribution in [0.2, 0.25) is 0 Å². The molecule has 0 fully saturated rings.